The number of unbranched alkanes of at least 4 members (excludes halogenated alkanes) is 5. The largest absolute Gasteiger partial charge is 0.322 e. The summed E-state index contributed by atoms with van der Waals surface area (Å²) < 4.78 is 0. The van der Waals surface area contributed by atoms with Crippen molar-refractivity contribution >= 4 is 11.3 Å². The van der Waals surface area contributed by atoms with Crippen molar-refractivity contribution in [2.45, 2.75) is 64.8 Å². The average molecular weight is 240 g/mol. The fraction of sp³-hybridized carbons (Fsp3) is 0.769. The maximum absolute atomic E-state index is 5.78. The first-order chi connectivity index (χ1) is 7.74. The lowest BCUT2D eigenvalue weighted by Gasteiger charge is -1.99. The number of nitrogens with zero attached hydrogens (tertiary/aromatic N) is 1. The normalized spacial score (nSPS) is 12.9. The van der Waals surface area contributed by atoms with Crippen molar-refractivity contribution < 1.29 is 0 Å². The molecule has 0 aliphatic rings. The van der Waals surface area contributed by atoms with Crippen LogP contribution in [-0.4, -0.2) is 4.98 Å². The smallest absolute Gasteiger partial charge is 0.109 e. The van der Waals surface area contributed by atoms with Gasteiger partial charge >= 0.3 is 0 Å². The molecular formula is C13H24N2S. The fourth-order valence-corrected chi connectivity index (χ4v) is 2.64. The highest BCUT2D eigenvalue weighted by molar-refractivity contribution is 7.11. The molecule has 0 spiro atoms. The summed E-state index contributed by atoms with van der Waals surface area (Å²) in [4.78, 5) is 5.73. The van der Waals surface area contributed by atoms with Gasteiger partial charge in [-0.2, -0.15) is 0 Å². The Hall–Kier alpha value is -0.410. The van der Waals surface area contributed by atoms with Crippen LogP contribution < -0.4 is 5.73 Å². The first kappa shape index (κ1) is 13.7. The number of thiazole rings is 1. The van der Waals surface area contributed by atoms with Gasteiger partial charge in [0, 0.05) is 11.1 Å². The van der Waals surface area contributed by atoms with E-state index in [1.54, 1.807) is 11.3 Å². The maximum atomic E-state index is 5.78. The molecule has 0 amide bonds. The maximum Gasteiger partial charge on any atom is 0.109 e. The minimum absolute atomic E-state index is 0.0864. The van der Waals surface area contributed by atoms with E-state index in [1.165, 1.54) is 49.8 Å². The van der Waals surface area contributed by atoms with Gasteiger partial charge in [-0.05, 0) is 19.8 Å². The standard InChI is InChI=1S/C13H24N2S/c1-3-4-5-6-7-8-9-12-10-15-13(16-12)11(2)14/h10-11H,3-9,14H2,1-2H3. The van der Waals surface area contributed by atoms with E-state index in [2.05, 4.69) is 11.9 Å². The van der Waals surface area contributed by atoms with E-state index >= 15 is 0 Å². The quantitative estimate of drug-likeness (QED) is 0.696. The SMILES string of the molecule is CCCCCCCCc1cnc(C(C)N)s1. The lowest BCUT2D eigenvalue weighted by Crippen LogP contribution is -2.03. The van der Waals surface area contributed by atoms with E-state index < -0.39 is 0 Å². The molecule has 3 heteroatoms. The van der Waals surface area contributed by atoms with Crippen LogP contribution in [0.25, 0.3) is 0 Å². The van der Waals surface area contributed by atoms with Crippen LogP contribution in [0.1, 0.15) is 68.3 Å². The highest BCUT2D eigenvalue weighted by atomic mass is 32.1. The van der Waals surface area contributed by atoms with Crippen LogP contribution in [0.2, 0.25) is 0 Å². The Balaban J connectivity index is 2.12. The molecule has 1 aromatic heterocycles. The Bertz CT molecular complexity index is 281. The van der Waals surface area contributed by atoms with Crippen molar-refractivity contribution in [1.29, 1.82) is 0 Å². The zero-order valence-corrected chi connectivity index (χ0v) is 11.4. The van der Waals surface area contributed by atoms with Gasteiger partial charge in [0.2, 0.25) is 0 Å². The monoisotopic (exact) mass is 240 g/mol. The van der Waals surface area contributed by atoms with Crippen LogP contribution >= 0.6 is 11.3 Å². The second-order valence-electron chi connectivity index (χ2n) is 4.47. The van der Waals surface area contributed by atoms with Gasteiger partial charge in [-0.1, -0.05) is 39.0 Å². The van der Waals surface area contributed by atoms with Crippen molar-refractivity contribution in [2.24, 2.45) is 5.73 Å². The van der Waals surface area contributed by atoms with Crippen LogP contribution in [0.4, 0.5) is 0 Å². The third-order valence-electron chi connectivity index (χ3n) is 2.74. The molecule has 1 aromatic rings. The minimum Gasteiger partial charge on any atom is -0.322 e. The number of hydrogen-bond acceptors (Lipinski definition) is 3. The van der Waals surface area contributed by atoms with Crippen LogP contribution in [-0.2, 0) is 6.42 Å². The zero-order chi connectivity index (χ0) is 11.8. The van der Waals surface area contributed by atoms with E-state index in [1.807, 2.05) is 13.1 Å². The van der Waals surface area contributed by atoms with E-state index in [4.69, 9.17) is 5.73 Å². The first-order valence-corrected chi connectivity index (χ1v) is 7.26. The van der Waals surface area contributed by atoms with Gasteiger partial charge in [0.25, 0.3) is 0 Å². The average Bonchev–Trinajstić information content (AvgIpc) is 2.72. The highest BCUT2D eigenvalue weighted by Gasteiger charge is 2.05. The summed E-state index contributed by atoms with van der Waals surface area (Å²) in [5.41, 5.74) is 5.78. The van der Waals surface area contributed by atoms with Gasteiger partial charge < -0.3 is 5.73 Å². The topological polar surface area (TPSA) is 38.9 Å². The first-order valence-electron chi connectivity index (χ1n) is 6.44. The van der Waals surface area contributed by atoms with Crippen LogP contribution in [0.3, 0.4) is 0 Å². The van der Waals surface area contributed by atoms with Gasteiger partial charge in [0.05, 0.1) is 6.04 Å². The molecule has 1 atom stereocenters. The molecular weight excluding hydrogens is 216 g/mol. The van der Waals surface area contributed by atoms with E-state index in [0.717, 1.165) is 5.01 Å². The predicted molar refractivity (Wildman–Crippen MR) is 71.8 cm³/mol. The third-order valence-corrected chi connectivity index (χ3v) is 4.00. The zero-order valence-electron chi connectivity index (χ0n) is 10.5. The van der Waals surface area contributed by atoms with Gasteiger partial charge in [0.15, 0.2) is 0 Å². The Kier molecular flexibility index (Phi) is 6.65. The second kappa shape index (κ2) is 7.80. The van der Waals surface area contributed by atoms with Crippen molar-refractivity contribution in [3.05, 3.63) is 16.1 Å². The molecule has 0 fully saturated rings. The van der Waals surface area contributed by atoms with Crippen molar-refractivity contribution in [1.82, 2.24) is 4.98 Å². The van der Waals surface area contributed by atoms with Gasteiger partial charge in [-0.25, -0.2) is 4.98 Å². The summed E-state index contributed by atoms with van der Waals surface area (Å²) in [5.74, 6) is 0. The third kappa shape index (κ3) is 5.08. The Labute approximate surface area is 103 Å². The Morgan fingerprint density at radius 3 is 2.56 bits per heavy atom. The molecule has 0 aliphatic carbocycles. The molecule has 2 nitrogen and oxygen atoms in total. The van der Waals surface area contributed by atoms with Crippen LogP contribution in [0.5, 0.6) is 0 Å². The molecule has 0 bridgehead atoms. The second-order valence-corrected chi connectivity index (χ2v) is 5.62. The Morgan fingerprint density at radius 2 is 1.94 bits per heavy atom. The molecule has 0 aliphatic heterocycles. The number of hydrogen-bond donors (Lipinski definition) is 1. The van der Waals surface area contributed by atoms with E-state index in [0.29, 0.717) is 0 Å². The van der Waals surface area contributed by atoms with E-state index in [9.17, 15) is 0 Å². The summed E-state index contributed by atoms with van der Waals surface area (Å²) in [7, 11) is 0. The number of aryl methyl sites for hydroxylation is 1. The molecule has 0 aromatic carbocycles. The van der Waals surface area contributed by atoms with Crippen molar-refractivity contribution in [3.8, 4) is 0 Å². The number of aromatic nitrogens is 1. The van der Waals surface area contributed by atoms with Crippen molar-refractivity contribution in [3.63, 3.8) is 0 Å². The predicted octanol–water partition coefficient (Wildman–Crippen LogP) is 4.07. The molecule has 1 heterocycles. The summed E-state index contributed by atoms with van der Waals surface area (Å²) in [6.07, 6.45) is 11.3. The molecule has 2 N–H and O–H groups in total. The molecule has 16 heavy (non-hydrogen) atoms. The molecule has 0 radical (unpaired) electrons. The van der Waals surface area contributed by atoms with Gasteiger partial charge in [-0.15, -0.1) is 11.3 Å². The summed E-state index contributed by atoms with van der Waals surface area (Å²) in [6, 6.07) is 0.0864. The molecule has 92 valence electrons. The summed E-state index contributed by atoms with van der Waals surface area (Å²) in [5, 5.41) is 1.07. The fourth-order valence-electron chi connectivity index (χ4n) is 1.73. The van der Waals surface area contributed by atoms with Gasteiger partial charge in [-0.3, -0.25) is 0 Å². The minimum atomic E-state index is 0.0864. The highest BCUT2D eigenvalue weighted by Crippen LogP contribution is 2.20. The summed E-state index contributed by atoms with van der Waals surface area (Å²) in [6.45, 7) is 4.25. The lowest BCUT2D eigenvalue weighted by atomic mass is 10.1. The summed E-state index contributed by atoms with van der Waals surface area (Å²) >= 11 is 1.77. The lowest BCUT2D eigenvalue weighted by molar-refractivity contribution is 0.609. The Morgan fingerprint density at radius 1 is 1.25 bits per heavy atom. The van der Waals surface area contributed by atoms with Crippen LogP contribution in [0.15, 0.2) is 6.20 Å². The van der Waals surface area contributed by atoms with Crippen LogP contribution in [0, 0.1) is 0 Å². The molecule has 1 unspecified atom stereocenters. The molecule has 0 saturated carbocycles. The van der Waals surface area contributed by atoms with Gasteiger partial charge in [0.1, 0.15) is 5.01 Å². The number of nitrogens with two attached hydrogens (primary N) is 1. The molecule has 0 saturated heterocycles. The molecule has 1 rings (SSSR count). The number of rotatable bonds is 8. The van der Waals surface area contributed by atoms with E-state index in [-0.39, 0.29) is 6.04 Å². The van der Waals surface area contributed by atoms with Crippen molar-refractivity contribution in [2.75, 3.05) is 0 Å².